The Labute approximate surface area is 134 Å². The van der Waals surface area contributed by atoms with E-state index >= 15 is 0 Å². The molecular formula is C15H10N4O3S. The molecule has 2 N–H and O–H groups in total. The molecule has 1 spiro atoms. The number of fused-ring (bicyclic) bond motifs is 2. The number of carbonyl (C=O) groups is 1. The molecule has 2 aliphatic rings. The van der Waals surface area contributed by atoms with E-state index in [1.807, 2.05) is 30.3 Å². The minimum Gasteiger partial charge on any atom is -0.322 e. The van der Waals surface area contributed by atoms with Crippen LogP contribution >= 0.6 is 11.8 Å². The lowest BCUT2D eigenvalue weighted by atomic mass is 10.1. The maximum Gasteiger partial charge on any atom is 0.269 e. The second kappa shape index (κ2) is 4.82. The van der Waals surface area contributed by atoms with Crippen LogP contribution in [-0.4, -0.2) is 15.9 Å². The highest BCUT2D eigenvalue weighted by Gasteiger charge is 2.52. The van der Waals surface area contributed by atoms with Crippen LogP contribution in [0.1, 0.15) is 11.1 Å². The molecule has 0 aliphatic carbocycles. The largest absolute Gasteiger partial charge is 0.322 e. The monoisotopic (exact) mass is 326 g/mol. The van der Waals surface area contributed by atoms with E-state index in [-0.39, 0.29) is 11.6 Å². The molecule has 0 fully saturated rings. The topological polar surface area (TPSA) is 96.6 Å². The van der Waals surface area contributed by atoms with Gasteiger partial charge in [0.1, 0.15) is 5.04 Å². The first-order chi connectivity index (χ1) is 11.1. The summed E-state index contributed by atoms with van der Waals surface area (Å²) in [4.78, 5) is 21.9. The lowest BCUT2D eigenvalue weighted by molar-refractivity contribution is -0.384. The number of hydrogen-bond acceptors (Lipinski definition) is 6. The SMILES string of the molecule is O=C1Nc2ccc([N+](=O)[O-])cc2[C@]12NN=C(c1ccccc1)S2. The van der Waals surface area contributed by atoms with Crippen molar-refractivity contribution in [1.29, 1.82) is 0 Å². The highest BCUT2D eigenvalue weighted by molar-refractivity contribution is 8.16. The van der Waals surface area contributed by atoms with Gasteiger partial charge in [-0.3, -0.25) is 20.3 Å². The number of non-ortho nitro benzene ring substituents is 1. The van der Waals surface area contributed by atoms with Crippen molar-refractivity contribution in [2.24, 2.45) is 5.10 Å². The molecule has 2 aromatic rings. The highest BCUT2D eigenvalue weighted by Crippen LogP contribution is 2.48. The fraction of sp³-hybridized carbons (Fsp3) is 0.0667. The van der Waals surface area contributed by atoms with Crippen LogP contribution < -0.4 is 10.7 Å². The van der Waals surface area contributed by atoms with Crippen molar-refractivity contribution in [3.05, 3.63) is 69.8 Å². The van der Waals surface area contributed by atoms with Gasteiger partial charge in [0, 0.05) is 28.9 Å². The average molecular weight is 326 g/mol. The highest BCUT2D eigenvalue weighted by atomic mass is 32.2. The molecule has 0 bridgehead atoms. The second-order valence-electron chi connectivity index (χ2n) is 5.12. The first-order valence-electron chi connectivity index (χ1n) is 6.80. The Bertz CT molecular complexity index is 868. The predicted molar refractivity (Wildman–Crippen MR) is 87.1 cm³/mol. The summed E-state index contributed by atoms with van der Waals surface area (Å²) in [6, 6.07) is 13.8. The molecule has 0 unspecified atom stereocenters. The average Bonchev–Trinajstić information content (AvgIpc) is 3.12. The summed E-state index contributed by atoms with van der Waals surface area (Å²) in [6.45, 7) is 0. The Morgan fingerprint density at radius 2 is 1.96 bits per heavy atom. The van der Waals surface area contributed by atoms with E-state index in [2.05, 4.69) is 15.8 Å². The summed E-state index contributed by atoms with van der Waals surface area (Å²) in [5, 5.41) is 18.7. The zero-order valence-corrected chi connectivity index (χ0v) is 12.5. The number of thioether (sulfide) groups is 1. The molecule has 2 aromatic carbocycles. The molecule has 1 amide bonds. The zero-order chi connectivity index (χ0) is 16.0. The Hall–Kier alpha value is -2.87. The van der Waals surface area contributed by atoms with Gasteiger partial charge in [-0.1, -0.05) is 42.1 Å². The Balaban J connectivity index is 1.76. The molecule has 4 rings (SSSR count). The minimum atomic E-state index is -1.16. The van der Waals surface area contributed by atoms with Crippen molar-refractivity contribution in [3.63, 3.8) is 0 Å². The Kier molecular flexibility index (Phi) is 2.88. The van der Waals surface area contributed by atoms with Gasteiger partial charge in [0.15, 0.2) is 0 Å². The number of benzene rings is 2. The predicted octanol–water partition coefficient (Wildman–Crippen LogP) is 2.40. The van der Waals surface area contributed by atoms with Crippen molar-refractivity contribution >= 4 is 34.1 Å². The molecule has 1 atom stereocenters. The summed E-state index contributed by atoms with van der Waals surface area (Å²) in [5.41, 5.74) is 4.78. The van der Waals surface area contributed by atoms with Crippen molar-refractivity contribution in [2.75, 3.05) is 5.32 Å². The third-order valence-electron chi connectivity index (χ3n) is 3.75. The summed E-state index contributed by atoms with van der Waals surface area (Å²) in [7, 11) is 0. The number of nitro groups is 1. The summed E-state index contributed by atoms with van der Waals surface area (Å²) in [5.74, 6) is -0.285. The van der Waals surface area contributed by atoms with Gasteiger partial charge in [-0.2, -0.15) is 5.10 Å². The molecule has 8 heteroatoms. The number of anilines is 1. The van der Waals surface area contributed by atoms with E-state index in [0.29, 0.717) is 16.3 Å². The third kappa shape index (κ3) is 1.99. The lowest BCUT2D eigenvalue weighted by Gasteiger charge is -2.19. The van der Waals surface area contributed by atoms with Crippen LogP contribution in [0.5, 0.6) is 0 Å². The molecule has 0 radical (unpaired) electrons. The zero-order valence-electron chi connectivity index (χ0n) is 11.6. The Morgan fingerprint density at radius 1 is 1.17 bits per heavy atom. The summed E-state index contributed by atoms with van der Waals surface area (Å²) < 4.78 is 0. The van der Waals surface area contributed by atoms with Gasteiger partial charge in [-0.25, -0.2) is 0 Å². The van der Waals surface area contributed by atoms with Crippen LogP contribution in [0, 0.1) is 10.1 Å². The fourth-order valence-corrected chi connectivity index (χ4v) is 3.76. The lowest BCUT2D eigenvalue weighted by Crippen LogP contribution is -2.39. The number of carbonyl (C=O) groups excluding carboxylic acids is 1. The van der Waals surface area contributed by atoms with Gasteiger partial charge in [-0.15, -0.1) is 0 Å². The van der Waals surface area contributed by atoms with Crippen LogP contribution in [0.25, 0.3) is 0 Å². The van der Waals surface area contributed by atoms with Crippen LogP contribution in [0.4, 0.5) is 11.4 Å². The number of nitrogens with zero attached hydrogens (tertiary/aromatic N) is 2. The van der Waals surface area contributed by atoms with E-state index in [1.54, 1.807) is 6.07 Å². The van der Waals surface area contributed by atoms with Crippen LogP contribution in [0.15, 0.2) is 53.6 Å². The van der Waals surface area contributed by atoms with Crippen molar-refractivity contribution in [3.8, 4) is 0 Å². The molecule has 23 heavy (non-hydrogen) atoms. The third-order valence-corrected chi connectivity index (χ3v) is 5.07. The number of rotatable bonds is 2. The van der Waals surface area contributed by atoms with Crippen molar-refractivity contribution in [1.82, 2.24) is 5.43 Å². The van der Waals surface area contributed by atoms with Crippen LogP contribution in [0.2, 0.25) is 0 Å². The van der Waals surface area contributed by atoms with Gasteiger partial charge in [0.25, 0.3) is 11.6 Å². The van der Waals surface area contributed by atoms with Gasteiger partial charge >= 0.3 is 0 Å². The van der Waals surface area contributed by atoms with Crippen molar-refractivity contribution < 1.29 is 9.72 Å². The fourth-order valence-electron chi connectivity index (χ4n) is 2.62. The summed E-state index contributed by atoms with van der Waals surface area (Å²) in [6.07, 6.45) is 0. The molecule has 0 saturated carbocycles. The van der Waals surface area contributed by atoms with E-state index in [1.165, 1.54) is 23.9 Å². The van der Waals surface area contributed by atoms with Crippen LogP contribution in [0.3, 0.4) is 0 Å². The second-order valence-corrected chi connectivity index (χ2v) is 6.32. The van der Waals surface area contributed by atoms with E-state index < -0.39 is 9.79 Å². The molecular weight excluding hydrogens is 316 g/mol. The van der Waals surface area contributed by atoms with E-state index in [4.69, 9.17) is 0 Å². The first kappa shape index (κ1) is 13.8. The van der Waals surface area contributed by atoms with E-state index in [9.17, 15) is 14.9 Å². The standard InChI is InChI=1S/C15H10N4O3S/c20-14-15(11-8-10(19(21)22)6-7-12(11)16-14)18-17-13(23-15)9-4-2-1-3-5-9/h1-8,18H,(H,16,20)/t15-/m1/s1. The molecule has 0 aromatic heterocycles. The minimum absolute atomic E-state index is 0.0600. The Morgan fingerprint density at radius 3 is 2.70 bits per heavy atom. The number of nitrogens with one attached hydrogen (secondary N) is 2. The van der Waals surface area contributed by atoms with Gasteiger partial charge in [-0.05, 0) is 6.07 Å². The number of hydrazone groups is 1. The van der Waals surface area contributed by atoms with Gasteiger partial charge in [0.2, 0.25) is 4.87 Å². The maximum absolute atomic E-state index is 12.5. The smallest absolute Gasteiger partial charge is 0.269 e. The van der Waals surface area contributed by atoms with Gasteiger partial charge < -0.3 is 5.32 Å². The molecule has 2 aliphatic heterocycles. The normalized spacial score (nSPS) is 21.6. The van der Waals surface area contributed by atoms with Crippen molar-refractivity contribution in [2.45, 2.75) is 4.87 Å². The maximum atomic E-state index is 12.5. The van der Waals surface area contributed by atoms with Gasteiger partial charge in [0.05, 0.1) is 4.92 Å². The first-order valence-corrected chi connectivity index (χ1v) is 7.61. The van der Waals surface area contributed by atoms with Crippen LogP contribution in [-0.2, 0) is 9.67 Å². The number of hydrogen-bond donors (Lipinski definition) is 2. The molecule has 7 nitrogen and oxygen atoms in total. The molecule has 2 heterocycles. The van der Waals surface area contributed by atoms with E-state index in [0.717, 1.165) is 5.56 Å². The number of nitro benzene ring substituents is 1. The quantitative estimate of drug-likeness (QED) is 0.652. The molecule has 114 valence electrons. The summed E-state index contributed by atoms with van der Waals surface area (Å²) >= 11 is 1.25. The molecule has 0 saturated heterocycles. The number of amides is 1.